The van der Waals surface area contributed by atoms with Crippen LogP contribution in [0.3, 0.4) is 0 Å². The van der Waals surface area contributed by atoms with E-state index in [1.54, 1.807) is 11.8 Å². The van der Waals surface area contributed by atoms with Gasteiger partial charge in [0.1, 0.15) is 0 Å². The van der Waals surface area contributed by atoms with Gasteiger partial charge in [-0.3, -0.25) is 14.9 Å². The number of aryl methyl sites for hydroxylation is 1. The van der Waals surface area contributed by atoms with Crippen LogP contribution < -0.4 is 5.56 Å². The maximum atomic E-state index is 13.0. The number of aromatic nitrogens is 3. The molecule has 6 nitrogen and oxygen atoms in total. The predicted octanol–water partition coefficient (Wildman–Crippen LogP) is 3.18. The molecule has 3 aromatic rings. The third-order valence-electron chi connectivity index (χ3n) is 3.95. The molecule has 7 heteroatoms. The molecule has 25 heavy (non-hydrogen) atoms. The Morgan fingerprint density at radius 3 is 2.92 bits per heavy atom. The molecule has 0 spiro atoms. The summed E-state index contributed by atoms with van der Waals surface area (Å²) < 4.78 is 7.64. The van der Waals surface area contributed by atoms with Crippen molar-refractivity contribution in [3.8, 4) is 5.13 Å². The zero-order chi connectivity index (χ0) is 17.8. The van der Waals surface area contributed by atoms with Crippen molar-refractivity contribution in [2.75, 3.05) is 20.3 Å². The van der Waals surface area contributed by atoms with Crippen LogP contribution in [0.15, 0.2) is 34.1 Å². The van der Waals surface area contributed by atoms with Gasteiger partial charge in [0.2, 0.25) is 5.13 Å². The van der Waals surface area contributed by atoms with Gasteiger partial charge < -0.3 is 4.74 Å². The summed E-state index contributed by atoms with van der Waals surface area (Å²) in [7, 11) is 1.64. The van der Waals surface area contributed by atoms with Gasteiger partial charge in [-0.1, -0.05) is 36.8 Å². The van der Waals surface area contributed by atoms with Gasteiger partial charge in [-0.25, -0.2) is 4.98 Å². The Labute approximate surface area is 150 Å². The third-order valence-corrected chi connectivity index (χ3v) is 4.97. The zero-order valence-electron chi connectivity index (χ0n) is 14.7. The van der Waals surface area contributed by atoms with Gasteiger partial charge in [0.05, 0.1) is 28.9 Å². The minimum Gasteiger partial charge on any atom is -0.383 e. The average molecular weight is 358 g/mol. The lowest BCUT2D eigenvalue weighted by molar-refractivity contribution is 0.208. The van der Waals surface area contributed by atoms with Crippen LogP contribution in [-0.4, -0.2) is 40.7 Å². The van der Waals surface area contributed by atoms with Crippen molar-refractivity contribution in [1.29, 1.82) is 0 Å². The number of thiazole rings is 1. The lowest BCUT2D eigenvalue weighted by atomic mass is 10.1. The van der Waals surface area contributed by atoms with Crippen LogP contribution in [0, 0.1) is 0 Å². The Hall–Kier alpha value is -2.25. The highest BCUT2D eigenvalue weighted by Crippen LogP contribution is 2.23. The summed E-state index contributed by atoms with van der Waals surface area (Å²) in [6.45, 7) is 5.05. The molecule has 2 heterocycles. The van der Waals surface area contributed by atoms with Crippen molar-refractivity contribution in [2.45, 2.75) is 26.7 Å². The lowest BCUT2D eigenvalue weighted by Gasteiger charge is -2.00. The van der Waals surface area contributed by atoms with Gasteiger partial charge in [-0.05, 0) is 25.5 Å². The minimum atomic E-state index is -0.0961. The Kier molecular flexibility index (Phi) is 5.45. The van der Waals surface area contributed by atoms with Crippen LogP contribution in [-0.2, 0) is 11.2 Å². The maximum Gasteiger partial charge on any atom is 0.282 e. The van der Waals surface area contributed by atoms with Crippen molar-refractivity contribution in [2.24, 2.45) is 4.99 Å². The van der Waals surface area contributed by atoms with Gasteiger partial charge in [0, 0.05) is 18.5 Å². The minimum absolute atomic E-state index is 0.0961. The van der Waals surface area contributed by atoms with Crippen LogP contribution >= 0.6 is 11.3 Å². The molecule has 132 valence electrons. The highest BCUT2D eigenvalue weighted by atomic mass is 32.1. The van der Waals surface area contributed by atoms with E-state index in [9.17, 15) is 4.79 Å². The van der Waals surface area contributed by atoms with Crippen molar-refractivity contribution >= 4 is 27.3 Å². The second-order valence-electron chi connectivity index (χ2n) is 5.78. The second kappa shape index (κ2) is 7.76. The van der Waals surface area contributed by atoms with Crippen LogP contribution in [0.1, 0.15) is 31.5 Å². The SMILES string of the molecule is CCCc1[nH]n(-c2nc3ccccc3s2)c(=O)c1C(C)=NCCOC. The van der Waals surface area contributed by atoms with Crippen molar-refractivity contribution in [3.05, 3.63) is 45.9 Å². The number of aliphatic imine (C=N–C) groups is 1. The highest BCUT2D eigenvalue weighted by molar-refractivity contribution is 7.20. The molecule has 0 atom stereocenters. The molecule has 0 radical (unpaired) electrons. The van der Waals surface area contributed by atoms with E-state index in [1.165, 1.54) is 11.3 Å². The van der Waals surface area contributed by atoms with E-state index in [0.717, 1.165) is 34.5 Å². The first-order valence-electron chi connectivity index (χ1n) is 8.36. The first-order valence-corrected chi connectivity index (χ1v) is 9.17. The average Bonchev–Trinajstić information content (AvgIpc) is 3.16. The normalized spacial score (nSPS) is 12.2. The fraction of sp³-hybridized carbons (Fsp3) is 0.389. The van der Waals surface area contributed by atoms with Gasteiger partial charge in [0.25, 0.3) is 5.56 Å². The van der Waals surface area contributed by atoms with Crippen LogP contribution in [0.4, 0.5) is 0 Å². The molecule has 0 bridgehead atoms. The molecular weight excluding hydrogens is 336 g/mol. The van der Waals surface area contributed by atoms with Crippen LogP contribution in [0.2, 0.25) is 0 Å². The largest absolute Gasteiger partial charge is 0.383 e. The number of ether oxygens (including phenoxy) is 1. The Morgan fingerprint density at radius 2 is 2.20 bits per heavy atom. The number of nitrogens with one attached hydrogen (secondary N) is 1. The smallest absolute Gasteiger partial charge is 0.282 e. The van der Waals surface area contributed by atoms with Crippen LogP contribution in [0.25, 0.3) is 15.3 Å². The first-order chi connectivity index (χ1) is 12.2. The molecular formula is C18H22N4O2S. The van der Waals surface area contributed by atoms with E-state index in [2.05, 4.69) is 22.0 Å². The summed E-state index contributed by atoms with van der Waals surface area (Å²) in [6.07, 6.45) is 1.73. The molecule has 0 aliphatic rings. The third kappa shape index (κ3) is 3.57. The van der Waals surface area contributed by atoms with E-state index in [1.807, 2.05) is 31.2 Å². The molecule has 1 aromatic carbocycles. The molecule has 0 saturated carbocycles. The van der Waals surface area contributed by atoms with E-state index < -0.39 is 0 Å². The zero-order valence-corrected chi connectivity index (χ0v) is 15.5. The first kappa shape index (κ1) is 17.6. The van der Waals surface area contributed by atoms with Gasteiger partial charge in [-0.15, -0.1) is 0 Å². The monoisotopic (exact) mass is 358 g/mol. The predicted molar refractivity (Wildman–Crippen MR) is 103 cm³/mol. The summed E-state index contributed by atoms with van der Waals surface area (Å²) in [5.41, 5.74) is 3.10. The summed E-state index contributed by atoms with van der Waals surface area (Å²) in [6, 6.07) is 7.89. The van der Waals surface area contributed by atoms with E-state index in [0.29, 0.717) is 23.8 Å². The van der Waals surface area contributed by atoms with Gasteiger partial charge in [0.15, 0.2) is 0 Å². The highest BCUT2D eigenvalue weighted by Gasteiger charge is 2.19. The van der Waals surface area contributed by atoms with Crippen molar-refractivity contribution in [1.82, 2.24) is 14.8 Å². The number of fused-ring (bicyclic) bond motifs is 1. The molecule has 0 fully saturated rings. The number of benzene rings is 1. The molecule has 3 rings (SSSR count). The maximum absolute atomic E-state index is 13.0. The number of rotatable bonds is 7. The number of methoxy groups -OCH3 is 1. The molecule has 0 amide bonds. The van der Waals surface area contributed by atoms with Crippen molar-refractivity contribution < 1.29 is 4.74 Å². The number of hydrogen-bond acceptors (Lipinski definition) is 5. The molecule has 1 N–H and O–H groups in total. The molecule has 2 aromatic heterocycles. The molecule has 0 aliphatic heterocycles. The van der Waals surface area contributed by atoms with E-state index in [-0.39, 0.29) is 5.56 Å². The Morgan fingerprint density at radius 1 is 1.40 bits per heavy atom. The summed E-state index contributed by atoms with van der Waals surface area (Å²) in [5, 5.41) is 3.89. The van der Waals surface area contributed by atoms with Crippen molar-refractivity contribution in [3.63, 3.8) is 0 Å². The van der Waals surface area contributed by atoms with Crippen LogP contribution in [0.5, 0.6) is 0 Å². The Bertz CT molecular complexity index is 919. The summed E-state index contributed by atoms with van der Waals surface area (Å²) in [4.78, 5) is 22.1. The fourth-order valence-corrected chi connectivity index (χ4v) is 3.69. The fourth-order valence-electron chi connectivity index (χ4n) is 2.76. The quantitative estimate of drug-likeness (QED) is 0.521. The summed E-state index contributed by atoms with van der Waals surface area (Å²) >= 11 is 1.50. The number of nitrogens with zero attached hydrogens (tertiary/aromatic N) is 3. The van der Waals surface area contributed by atoms with E-state index >= 15 is 0 Å². The lowest BCUT2D eigenvalue weighted by Crippen LogP contribution is -2.20. The molecule has 0 saturated heterocycles. The van der Waals surface area contributed by atoms with Gasteiger partial charge in [-0.2, -0.15) is 4.68 Å². The molecule has 0 unspecified atom stereocenters. The van der Waals surface area contributed by atoms with Gasteiger partial charge >= 0.3 is 0 Å². The molecule has 0 aliphatic carbocycles. The number of H-pyrrole nitrogens is 1. The number of hydrogen-bond donors (Lipinski definition) is 1. The second-order valence-corrected chi connectivity index (χ2v) is 6.79. The topological polar surface area (TPSA) is 72.3 Å². The Balaban J connectivity index is 2.07. The summed E-state index contributed by atoms with van der Waals surface area (Å²) in [5.74, 6) is 0. The van der Waals surface area contributed by atoms with E-state index in [4.69, 9.17) is 4.74 Å². The standard InChI is InChI=1S/C18H22N4O2S/c1-4-7-14-16(12(2)19-10-11-24-3)17(23)22(21-14)18-20-13-8-5-6-9-15(13)25-18/h5-6,8-9,21H,4,7,10-11H2,1-3H3. The number of aromatic amines is 1. The number of para-hydroxylation sites is 1.